The van der Waals surface area contributed by atoms with Crippen LogP contribution in [-0.2, 0) is 23.1 Å². The third-order valence-corrected chi connectivity index (χ3v) is 8.72. The van der Waals surface area contributed by atoms with E-state index in [9.17, 15) is 9.46 Å². The first-order valence-electron chi connectivity index (χ1n) is 15.5. The van der Waals surface area contributed by atoms with Crippen LogP contribution in [0.4, 0.5) is 0 Å². The van der Waals surface area contributed by atoms with Crippen LogP contribution in [0.3, 0.4) is 0 Å². The van der Waals surface area contributed by atoms with E-state index in [1.165, 1.54) is 109 Å². The fourth-order valence-corrected chi connectivity index (χ4v) is 5.81. The Hall–Kier alpha value is -0.0100. The van der Waals surface area contributed by atoms with Crippen molar-refractivity contribution in [2.24, 2.45) is 0 Å². The molecule has 7 nitrogen and oxygen atoms in total. The second-order valence-corrected chi connectivity index (χ2v) is 12.8. The van der Waals surface area contributed by atoms with Gasteiger partial charge in [0.05, 0.1) is 33.4 Å². The monoisotopic (exact) mass is 550 g/mol. The molecule has 0 spiro atoms. The van der Waals surface area contributed by atoms with Crippen molar-refractivity contribution in [3.8, 4) is 0 Å². The molecule has 0 aromatic rings. The minimum atomic E-state index is -4.07. The lowest BCUT2D eigenvalue weighted by Crippen LogP contribution is -2.43. The largest absolute Gasteiger partial charge is 0.472 e. The highest BCUT2D eigenvalue weighted by Gasteiger charge is 2.29. The van der Waals surface area contributed by atoms with Gasteiger partial charge < -0.3 is 18.9 Å². The molecule has 0 aromatic carbocycles. The number of methoxy groups -OCH3 is 1. The van der Waals surface area contributed by atoms with E-state index in [4.69, 9.17) is 18.5 Å². The van der Waals surface area contributed by atoms with Gasteiger partial charge in [-0.2, -0.15) is 0 Å². The molecule has 0 radical (unpaired) electrons. The summed E-state index contributed by atoms with van der Waals surface area (Å²) in [7, 11) is -0.343. The van der Waals surface area contributed by atoms with Gasteiger partial charge in [0.2, 0.25) is 0 Å². The number of unbranched alkanes of at least 4 members (excludes halogenated alkanes) is 15. The second-order valence-electron chi connectivity index (χ2n) is 11.3. The van der Waals surface area contributed by atoms with E-state index in [0.29, 0.717) is 13.2 Å². The minimum Gasteiger partial charge on any atom is -0.379 e. The predicted octanol–water partition coefficient (Wildman–Crippen LogP) is 7.65. The molecule has 0 bridgehead atoms. The summed E-state index contributed by atoms with van der Waals surface area (Å²) in [6.45, 7) is 6.44. The summed E-state index contributed by atoms with van der Waals surface area (Å²) in [6, 6.07) is 0. The summed E-state index contributed by atoms with van der Waals surface area (Å²) >= 11 is 0. The van der Waals surface area contributed by atoms with Crippen LogP contribution in [0.1, 0.15) is 122 Å². The zero-order valence-electron chi connectivity index (χ0n) is 24.6. The smallest absolute Gasteiger partial charge is 0.379 e. The van der Waals surface area contributed by atoms with E-state index < -0.39 is 7.82 Å². The van der Waals surface area contributed by atoms with Crippen molar-refractivity contribution in [1.82, 2.24) is 0 Å². The first kappa shape index (κ1) is 35.0. The van der Waals surface area contributed by atoms with E-state index in [2.05, 4.69) is 14.0 Å². The molecule has 1 N–H and O–H groups in total. The maximum absolute atomic E-state index is 12.2. The van der Waals surface area contributed by atoms with Crippen LogP contribution >= 0.6 is 7.82 Å². The molecule has 1 aliphatic heterocycles. The van der Waals surface area contributed by atoms with Crippen molar-refractivity contribution in [3.63, 3.8) is 0 Å². The molecule has 1 unspecified atom stereocenters. The van der Waals surface area contributed by atoms with Gasteiger partial charge in [-0.3, -0.25) is 9.05 Å². The Bertz CT molecular complexity index is 559. The Morgan fingerprint density at radius 3 is 1.70 bits per heavy atom. The Morgan fingerprint density at radius 1 is 0.730 bits per heavy atom. The van der Waals surface area contributed by atoms with Crippen LogP contribution in [0.5, 0.6) is 0 Å². The zero-order chi connectivity index (χ0) is 27.1. The molecule has 37 heavy (non-hydrogen) atoms. The molecule has 0 saturated carbocycles. The summed E-state index contributed by atoms with van der Waals surface area (Å²) in [5, 5.41) is 0. The number of hydrogen-bond acceptors (Lipinski definition) is 5. The zero-order valence-corrected chi connectivity index (χ0v) is 25.5. The highest BCUT2D eigenvalue weighted by molar-refractivity contribution is 7.47. The maximum atomic E-state index is 12.2. The number of nitrogens with zero attached hydrogens (tertiary/aromatic N) is 1. The number of likely N-dealkylation sites (tertiary alicyclic amines) is 1. The van der Waals surface area contributed by atoms with E-state index in [1.54, 1.807) is 7.11 Å². The topological polar surface area (TPSA) is 74.2 Å². The molecular formula is C29H61NO6P+. The molecule has 1 heterocycles. The second kappa shape index (κ2) is 22.8. The van der Waals surface area contributed by atoms with Crippen molar-refractivity contribution in [3.05, 3.63) is 0 Å². The van der Waals surface area contributed by atoms with Gasteiger partial charge in [-0.15, -0.1) is 0 Å². The van der Waals surface area contributed by atoms with Crippen LogP contribution in [-0.4, -0.2) is 75.7 Å². The number of hydrogen-bond donors (Lipinski definition) is 1. The molecule has 0 amide bonds. The lowest BCUT2D eigenvalue weighted by atomic mass is 10.0. The fourth-order valence-electron chi connectivity index (χ4n) is 5.06. The molecule has 8 heteroatoms. The molecule has 1 aliphatic rings. The number of phosphoric acid groups is 1. The summed E-state index contributed by atoms with van der Waals surface area (Å²) in [4.78, 5) is 9.95. The van der Waals surface area contributed by atoms with Crippen molar-refractivity contribution in [2.75, 3.05) is 60.2 Å². The third kappa shape index (κ3) is 20.5. The SMILES string of the molecule is CCCCCCCCCCCCCCCCCCOC[C@H](COP(=O)(O)OCC[N+]1(C)CCCC1)OC. The summed E-state index contributed by atoms with van der Waals surface area (Å²) in [6.07, 6.45) is 23.7. The van der Waals surface area contributed by atoms with E-state index >= 15 is 0 Å². The minimum absolute atomic E-state index is 0.0185. The summed E-state index contributed by atoms with van der Waals surface area (Å²) in [5.41, 5.74) is 0. The van der Waals surface area contributed by atoms with Crippen LogP contribution in [0.2, 0.25) is 0 Å². The lowest BCUT2D eigenvalue weighted by molar-refractivity contribution is -0.897. The van der Waals surface area contributed by atoms with Crippen molar-refractivity contribution in [2.45, 2.75) is 129 Å². The van der Waals surface area contributed by atoms with Gasteiger partial charge in [0, 0.05) is 26.6 Å². The number of rotatable bonds is 27. The van der Waals surface area contributed by atoms with Crippen LogP contribution < -0.4 is 0 Å². The van der Waals surface area contributed by atoms with Crippen molar-refractivity contribution in [1.29, 1.82) is 0 Å². The number of ether oxygens (including phenoxy) is 2. The van der Waals surface area contributed by atoms with Crippen molar-refractivity contribution < 1.29 is 32.5 Å². The Morgan fingerprint density at radius 2 is 1.22 bits per heavy atom. The van der Waals surface area contributed by atoms with Gasteiger partial charge in [-0.25, -0.2) is 4.57 Å². The molecular weight excluding hydrogens is 489 g/mol. The van der Waals surface area contributed by atoms with E-state index in [1.807, 2.05) is 0 Å². The lowest BCUT2D eigenvalue weighted by Gasteiger charge is -2.29. The molecule has 2 atom stereocenters. The number of phosphoric ester groups is 1. The number of quaternary nitrogens is 1. The first-order valence-corrected chi connectivity index (χ1v) is 17.0. The van der Waals surface area contributed by atoms with E-state index in [-0.39, 0.29) is 19.3 Å². The highest BCUT2D eigenvalue weighted by Crippen LogP contribution is 2.43. The Balaban J connectivity index is 1.88. The number of likely N-dealkylation sites (N-methyl/N-ethyl adjacent to an activating group) is 1. The third-order valence-electron chi connectivity index (χ3n) is 7.73. The maximum Gasteiger partial charge on any atom is 0.472 e. The average molecular weight is 551 g/mol. The van der Waals surface area contributed by atoms with Gasteiger partial charge in [-0.1, -0.05) is 103 Å². The average Bonchev–Trinajstić information content (AvgIpc) is 3.31. The molecule has 1 rings (SSSR count). The normalized spacial score (nSPS) is 17.7. The standard InChI is InChI=1S/C29H60NO6P/c1-4-5-6-7-8-9-10-11-12-13-14-15-16-17-18-21-25-34-27-29(33-3)28-36-37(31,32)35-26-24-30(2)22-19-20-23-30/h29H,4-28H2,1-3H3/p+1/t29-/m1/s1. The first-order chi connectivity index (χ1) is 17.9. The van der Waals surface area contributed by atoms with Crippen LogP contribution in [0, 0.1) is 0 Å². The van der Waals surface area contributed by atoms with Gasteiger partial charge in [0.15, 0.2) is 0 Å². The van der Waals surface area contributed by atoms with Gasteiger partial charge in [0.1, 0.15) is 19.3 Å². The van der Waals surface area contributed by atoms with Crippen LogP contribution in [0.15, 0.2) is 0 Å². The molecule has 222 valence electrons. The fraction of sp³-hybridized carbons (Fsp3) is 1.00. The Kier molecular flexibility index (Phi) is 21.5. The summed E-state index contributed by atoms with van der Waals surface area (Å²) < 4.78 is 34.4. The molecule has 1 fully saturated rings. The van der Waals surface area contributed by atoms with Crippen LogP contribution in [0.25, 0.3) is 0 Å². The van der Waals surface area contributed by atoms with Gasteiger partial charge >= 0.3 is 7.82 Å². The molecule has 0 aromatic heterocycles. The quantitative estimate of drug-likeness (QED) is 0.0643. The van der Waals surface area contributed by atoms with Gasteiger partial charge in [0.25, 0.3) is 0 Å². The molecule has 1 saturated heterocycles. The van der Waals surface area contributed by atoms with Crippen molar-refractivity contribution >= 4 is 7.82 Å². The molecule has 0 aliphatic carbocycles. The van der Waals surface area contributed by atoms with E-state index in [0.717, 1.165) is 30.5 Å². The highest BCUT2D eigenvalue weighted by atomic mass is 31.2. The Labute approximate surface area is 229 Å². The summed E-state index contributed by atoms with van der Waals surface area (Å²) in [5.74, 6) is 0. The predicted molar refractivity (Wildman–Crippen MR) is 153 cm³/mol. The van der Waals surface area contributed by atoms with Gasteiger partial charge in [-0.05, 0) is 6.42 Å².